The van der Waals surface area contributed by atoms with E-state index in [1.54, 1.807) is 26.0 Å². The average Bonchev–Trinajstić information content (AvgIpc) is 2.50. The summed E-state index contributed by atoms with van der Waals surface area (Å²) in [5.74, 6) is -0.386. The van der Waals surface area contributed by atoms with Crippen LogP contribution in [0.25, 0.3) is 0 Å². The summed E-state index contributed by atoms with van der Waals surface area (Å²) < 4.78 is 12.1. The zero-order chi connectivity index (χ0) is 19.0. The minimum Gasteiger partial charge on any atom is -0.490 e. The minimum atomic E-state index is -0.825. The van der Waals surface area contributed by atoms with Gasteiger partial charge in [-0.3, -0.25) is 9.59 Å². The van der Waals surface area contributed by atoms with Crippen molar-refractivity contribution in [1.82, 2.24) is 10.7 Å². The molecule has 0 radical (unpaired) electrons. The van der Waals surface area contributed by atoms with Crippen molar-refractivity contribution in [1.29, 1.82) is 0 Å². The second-order valence-corrected chi connectivity index (χ2v) is 6.61. The number of amides is 2. The van der Waals surface area contributed by atoms with E-state index in [1.807, 2.05) is 20.8 Å². The highest BCUT2D eigenvalue weighted by atomic mass is 79.9. The maximum absolute atomic E-state index is 11.6. The van der Waals surface area contributed by atoms with E-state index < -0.39 is 11.8 Å². The first-order chi connectivity index (χ1) is 11.7. The predicted molar refractivity (Wildman–Crippen MR) is 100 cm³/mol. The molecule has 0 aliphatic carbocycles. The second kappa shape index (κ2) is 10.0. The average molecular weight is 414 g/mol. The molecule has 0 saturated carbocycles. The zero-order valence-electron chi connectivity index (χ0n) is 15.1. The van der Waals surface area contributed by atoms with E-state index in [1.165, 1.54) is 6.21 Å². The first kappa shape index (κ1) is 21.0. The lowest BCUT2D eigenvalue weighted by Gasteiger charge is -2.16. The van der Waals surface area contributed by atoms with Crippen molar-refractivity contribution in [3.8, 4) is 11.5 Å². The van der Waals surface area contributed by atoms with Gasteiger partial charge in [0.1, 0.15) is 0 Å². The standard InChI is InChI=1S/C17H24BrN3O4/c1-6-24-14-8-12(7-13(18)15(14)25-11(4)5)9-19-21-17(23)16(22)20-10(2)3/h7-11H,6H2,1-5H3,(H,20,22)(H,21,23)/b19-9-. The molecule has 25 heavy (non-hydrogen) atoms. The third-order valence-electron chi connectivity index (χ3n) is 2.69. The summed E-state index contributed by atoms with van der Waals surface area (Å²) in [6.45, 7) is 9.74. The van der Waals surface area contributed by atoms with Gasteiger partial charge in [0.05, 0.1) is 23.4 Å². The molecule has 0 spiro atoms. The van der Waals surface area contributed by atoms with Gasteiger partial charge in [-0.15, -0.1) is 0 Å². The Bertz CT molecular complexity index is 645. The summed E-state index contributed by atoms with van der Waals surface area (Å²) in [4.78, 5) is 23.1. The molecule has 2 N–H and O–H groups in total. The number of nitrogens with zero attached hydrogens (tertiary/aromatic N) is 1. The Morgan fingerprint density at radius 3 is 2.48 bits per heavy atom. The van der Waals surface area contributed by atoms with E-state index in [4.69, 9.17) is 9.47 Å². The van der Waals surface area contributed by atoms with Gasteiger partial charge in [0, 0.05) is 6.04 Å². The molecule has 0 fully saturated rings. The first-order valence-corrected chi connectivity index (χ1v) is 8.80. The Labute approximate surface area is 156 Å². The number of benzene rings is 1. The van der Waals surface area contributed by atoms with Crippen LogP contribution in [0.5, 0.6) is 11.5 Å². The molecule has 1 aromatic carbocycles. The summed E-state index contributed by atoms with van der Waals surface area (Å²) in [5, 5.41) is 6.28. The highest BCUT2D eigenvalue weighted by molar-refractivity contribution is 9.10. The normalized spacial score (nSPS) is 11.0. The van der Waals surface area contributed by atoms with E-state index in [0.29, 0.717) is 28.1 Å². The molecule has 0 aliphatic heterocycles. The molecule has 2 amide bonds. The molecule has 1 rings (SSSR count). The van der Waals surface area contributed by atoms with Crippen LogP contribution in [0.1, 0.15) is 40.2 Å². The quantitative estimate of drug-likeness (QED) is 0.408. The molecule has 138 valence electrons. The van der Waals surface area contributed by atoms with Crippen molar-refractivity contribution in [3.05, 3.63) is 22.2 Å². The van der Waals surface area contributed by atoms with Crippen molar-refractivity contribution in [2.45, 2.75) is 46.8 Å². The Morgan fingerprint density at radius 1 is 1.24 bits per heavy atom. The van der Waals surface area contributed by atoms with Gasteiger partial charge < -0.3 is 14.8 Å². The number of hydrogen-bond acceptors (Lipinski definition) is 5. The van der Waals surface area contributed by atoms with Crippen molar-refractivity contribution < 1.29 is 19.1 Å². The maximum atomic E-state index is 11.6. The third kappa shape index (κ3) is 7.13. The number of carbonyl (C=O) groups is 2. The molecule has 8 heteroatoms. The molecular formula is C17H24BrN3O4. The maximum Gasteiger partial charge on any atom is 0.329 e. The predicted octanol–water partition coefficient (Wildman–Crippen LogP) is 2.61. The van der Waals surface area contributed by atoms with Crippen LogP contribution < -0.4 is 20.2 Å². The Kier molecular flexibility index (Phi) is 8.40. The van der Waals surface area contributed by atoms with Gasteiger partial charge in [0.25, 0.3) is 0 Å². The van der Waals surface area contributed by atoms with Gasteiger partial charge >= 0.3 is 11.8 Å². The van der Waals surface area contributed by atoms with Gasteiger partial charge in [-0.1, -0.05) is 0 Å². The highest BCUT2D eigenvalue weighted by Gasteiger charge is 2.14. The molecule has 0 atom stereocenters. The Balaban J connectivity index is 2.88. The minimum absolute atomic E-state index is 0.00576. The molecule has 0 heterocycles. The molecule has 0 unspecified atom stereocenters. The Morgan fingerprint density at radius 2 is 1.92 bits per heavy atom. The van der Waals surface area contributed by atoms with Gasteiger partial charge in [-0.25, -0.2) is 5.43 Å². The highest BCUT2D eigenvalue weighted by Crippen LogP contribution is 2.37. The van der Waals surface area contributed by atoms with Crippen LogP contribution in [0, 0.1) is 0 Å². The molecular weight excluding hydrogens is 390 g/mol. The van der Waals surface area contributed by atoms with Crippen LogP contribution in [0.2, 0.25) is 0 Å². The van der Waals surface area contributed by atoms with Crippen LogP contribution in [-0.2, 0) is 9.59 Å². The third-order valence-corrected chi connectivity index (χ3v) is 3.28. The summed E-state index contributed by atoms with van der Waals surface area (Å²) in [5.41, 5.74) is 2.86. The van der Waals surface area contributed by atoms with Crippen LogP contribution in [-0.4, -0.2) is 36.8 Å². The first-order valence-electron chi connectivity index (χ1n) is 8.01. The van der Waals surface area contributed by atoms with Crippen molar-refractivity contribution in [2.75, 3.05) is 6.61 Å². The summed E-state index contributed by atoms with van der Waals surface area (Å²) in [7, 11) is 0. The van der Waals surface area contributed by atoms with E-state index in [-0.39, 0.29) is 12.1 Å². The smallest absolute Gasteiger partial charge is 0.329 e. The van der Waals surface area contributed by atoms with Crippen LogP contribution in [0.15, 0.2) is 21.7 Å². The number of rotatable bonds is 7. The molecule has 0 aromatic heterocycles. The fourth-order valence-electron chi connectivity index (χ4n) is 1.82. The number of nitrogens with one attached hydrogen (secondary N) is 2. The molecule has 0 aliphatic rings. The SMILES string of the molecule is CCOc1cc(/C=N\NC(=O)C(=O)NC(C)C)cc(Br)c1OC(C)C. The van der Waals surface area contributed by atoms with Crippen molar-refractivity contribution in [2.24, 2.45) is 5.10 Å². The van der Waals surface area contributed by atoms with Crippen molar-refractivity contribution >= 4 is 34.0 Å². The van der Waals surface area contributed by atoms with E-state index >= 15 is 0 Å². The largest absolute Gasteiger partial charge is 0.490 e. The number of hydrazone groups is 1. The zero-order valence-corrected chi connectivity index (χ0v) is 16.6. The summed E-state index contributed by atoms with van der Waals surface area (Å²) in [6.07, 6.45) is 1.42. The van der Waals surface area contributed by atoms with E-state index in [9.17, 15) is 9.59 Å². The topological polar surface area (TPSA) is 89.0 Å². The summed E-state index contributed by atoms with van der Waals surface area (Å²) in [6, 6.07) is 3.40. The van der Waals surface area contributed by atoms with E-state index in [0.717, 1.165) is 0 Å². The molecule has 0 bridgehead atoms. The van der Waals surface area contributed by atoms with Crippen LogP contribution in [0.3, 0.4) is 0 Å². The molecule has 7 nitrogen and oxygen atoms in total. The number of ether oxygens (including phenoxy) is 2. The van der Waals surface area contributed by atoms with Gasteiger partial charge in [-0.2, -0.15) is 5.10 Å². The van der Waals surface area contributed by atoms with Crippen LogP contribution in [0.4, 0.5) is 0 Å². The van der Waals surface area contributed by atoms with Gasteiger partial charge in [0.15, 0.2) is 11.5 Å². The fourth-order valence-corrected chi connectivity index (χ4v) is 2.37. The molecule has 0 saturated heterocycles. The Hall–Kier alpha value is -2.09. The lowest BCUT2D eigenvalue weighted by Crippen LogP contribution is -2.41. The number of halogens is 1. The fraction of sp³-hybridized carbons (Fsp3) is 0.471. The lowest BCUT2D eigenvalue weighted by molar-refractivity contribution is -0.139. The lowest BCUT2D eigenvalue weighted by atomic mass is 10.2. The van der Waals surface area contributed by atoms with Crippen LogP contribution >= 0.6 is 15.9 Å². The molecule has 1 aromatic rings. The van der Waals surface area contributed by atoms with Crippen molar-refractivity contribution in [3.63, 3.8) is 0 Å². The second-order valence-electron chi connectivity index (χ2n) is 5.76. The van der Waals surface area contributed by atoms with E-state index in [2.05, 4.69) is 31.8 Å². The van der Waals surface area contributed by atoms with Gasteiger partial charge in [-0.05, 0) is 68.2 Å². The number of carbonyl (C=O) groups excluding carboxylic acids is 2. The monoisotopic (exact) mass is 413 g/mol. The number of hydrogen-bond donors (Lipinski definition) is 2. The summed E-state index contributed by atoms with van der Waals surface area (Å²) >= 11 is 3.45. The van der Waals surface area contributed by atoms with Gasteiger partial charge in [0.2, 0.25) is 0 Å².